The van der Waals surface area contributed by atoms with Gasteiger partial charge in [0.1, 0.15) is 6.54 Å². The Kier molecular flexibility index (Phi) is 5.89. The minimum absolute atomic E-state index is 0.0210. The molecule has 1 aliphatic heterocycles. The molecule has 0 spiro atoms. The number of benzene rings is 2. The van der Waals surface area contributed by atoms with E-state index in [1.165, 1.54) is 11.8 Å². The molecule has 2 aromatic rings. The number of amides is 2. The van der Waals surface area contributed by atoms with E-state index in [9.17, 15) is 9.59 Å². The van der Waals surface area contributed by atoms with Crippen molar-refractivity contribution in [3.8, 4) is 0 Å². The van der Waals surface area contributed by atoms with Crippen molar-refractivity contribution in [2.24, 2.45) is 5.92 Å². The summed E-state index contributed by atoms with van der Waals surface area (Å²) in [6.07, 6.45) is 0. The van der Waals surface area contributed by atoms with Crippen LogP contribution in [0.5, 0.6) is 0 Å². The summed E-state index contributed by atoms with van der Waals surface area (Å²) in [4.78, 5) is 27.6. The Morgan fingerprint density at radius 1 is 1.19 bits per heavy atom. The SMILES string of the molecule is CC(C)C(NC(=O)CN1C(=O)CSc2ccccc21)c1ccc(Cl)cc1. The molecule has 0 bridgehead atoms. The smallest absolute Gasteiger partial charge is 0.240 e. The molecule has 4 nitrogen and oxygen atoms in total. The average molecular weight is 389 g/mol. The van der Waals surface area contributed by atoms with E-state index in [-0.39, 0.29) is 30.3 Å². The number of halogens is 1. The summed E-state index contributed by atoms with van der Waals surface area (Å²) in [5.74, 6) is 0.347. The first-order valence-corrected chi connectivity index (χ1v) is 9.89. The van der Waals surface area contributed by atoms with Crippen LogP contribution in [-0.4, -0.2) is 24.1 Å². The number of rotatable bonds is 5. The van der Waals surface area contributed by atoms with E-state index in [1.807, 2.05) is 48.5 Å². The Labute approximate surface area is 162 Å². The van der Waals surface area contributed by atoms with Crippen molar-refractivity contribution in [2.45, 2.75) is 24.8 Å². The number of anilines is 1. The largest absolute Gasteiger partial charge is 0.347 e. The highest BCUT2D eigenvalue weighted by Gasteiger charge is 2.27. The predicted octanol–water partition coefficient (Wildman–Crippen LogP) is 4.29. The van der Waals surface area contributed by atoms with Gasteiger partial charge in [0.05, 0.1) is 17.5 Å². The quantitative estimate of drug-likeness (QED) is 0.831. The number of fused-ring (bicyclic) bond motifs is 1. The zero-order chi connectivity index (χ0) is 18.7. The van der Waals surface area contributed by atoms with Gasteiger partial charge in [-0.3, -0.25) is 9.59 Å². The molecule has 0 saturated heterocycles. The van der Waals surface area contributed by atoms with Gasteiger partial charge in [-0.25, -0.2) is 0 Å². The van der Waals surface area contributed by atoms with E-state index in [0.717, 1.165) is 16.1 Å². The van der Waals surface area contributed by atoms with Gasteiger partial charge in [-0.2, -0.15) is 0 Å². The maximum Gasteiger partial charge on any atom is 0.240 e. The van der Waals surface area contributed by atoms with Gasteiger partial charge in [0, 0.05) is 9.92 Å². The first kappa shape index (κ1) is 18.8. The molecule has 0 radical (unpaired) electrons. The Morgan fingerprint density at radius 3 is 2.58 bits per heavy atom. The molecule has 1 heterocycles. The second-order valence-corrected chi connectivity index (χ2v) is 8.03. The molecule has 0 saturated carbocycles. The fourth-order valence-corrected chi connectivity index (χ4v) is 4.06. The number of hydrogen-bond donors (Lipinski definition) is 1. The lowest BCUT2D eigenvalue weighted by Crippen LogP contribution is -2.44. The van der Waals surface area contributed by atoms with Gasteiger partial charge >= 0.3 is 0 Å². The van der Waals surface area contributed by atoms with E-state index in [2.05, 4.69) is 19.2 Å². The van der Waals surface area contributed by atoms with Gasteiger partial charge in [-0.15, -0.1) is 11.8 Å². The highest BCUT2D eigenvalue weighted by atomic mass is 35.5. The van der Waals surface area contributed by atoms with Crippen molar-refractivity contribution in [3.63, 3.8) is 0 Å². The van der Waals surface area contributed by atoms with Crippen LogP contribution in [0.1, 0.15) is 25.5 Å². The molecule has 0 aliphatic carbocycles. The molecule has 1 aliphatic rings. The van der Waals surface area contributed by atoms with Gasteiger partial charge in [-0.05, 0) is 35.7 Å². The summed E-state index contributed by atoms with van der Waals surface area (Å²) in [6.45, 7) is 4.13. The molecule has 26 heavy (non-hydrogen) atoms. The van der Waals surface area contributed by atoms with Gasteiger partial charge in [0.15, 0.2) is 0 Å². The zero-order valence-corrected chi connectivity index (χ0v) is 16.3. The highest BCUT2D eigenvalue weighted by Crippen LogP contribution is 2.34. The van der Waals surface area contributed by atoms with Crippen LogP contribution < -0.4 is 10.2 Å². The van der Waals surface area contributed by atoms with E-state index in [1.54, 1.807) is 4.90 Å². The Bertz CT molecular complexity index is 808. The fourth-order valence-electron chi connectivity index (χ4n) is 3.00. The summed E-state index contributed by atoms with van der Waals surface area (Å²) in [6, 6.07) is 15.0. The number of thioether (sulfide) groups is 1. The van der Waals surface area contributed by atoms with E-state index in [0.29, 0.717) is 10.8 Å². The molecule has 6 heteroatoms. The Morgan fingerprint density at radius 2 is 1.88 bits per heavy atom. The second kappa shape index (κ2) is 8.14. The molecule has 136 valence electrons. The maximum atomic E-state index is 12.7. The topological polar surface area (TPSA) is 49.4 Å². The standard InChI is InChI=1S/C20H21ClN2O2S/c1-13(2)20(14-7-9-15(21)10-8-14)22-18(24)11-23-16-5-3-4-6-17(16)26-12-19(23)25/h3-10,13,20H,11-12H2,1-2H3,(H,22,24). The van der Waals surface area contributed by atoms with Crippen molar-refractivity contribution in [3.05, 3.63) is 59.1 Å². The zero-order valence-electron chi connectivity index (χ0n) is 14.7. The van der Waals surface area contributed by atoms with Crippen LogP contribution in [0.25, 0.3) is 0 Å². The summed E-state index contributed by atoms with van der Waals surface area (Å²) in [5.41, 5.74) is 1.80. The predicted molar refractivity (Wildman–Crippen MR) is 107 cm³/mol. The summed E-state index contributed by atoms with van der Waals surface area (Å²) in [5, 5.41) is 3.73. The first-order chi connectivity index (χ1) is 12.5. The second-order valence-electron chi connectivity index (χ2n) is 6.58. The van der Waals surface area contributed by atoms with Crippen LogP contribution in [0, 0.1) is 5.92 Å². The monoisotopic (exact) mass is 388 g/mol. The van der Waals surface area contributed by atoms with Gasteiger partial charge in [0.25, 0.3) is 0 Å². The van der Waals surface area contributed by atoms with Gasteiger partial charge in [0.2, 0.25) is 11.8 Å². The number of carbonyl (C=O) groups is 2. The molecule has 1 unspecified atom stereocenters. The molecular weight excluding hydrogens is 368 g/mol. The molecule has 2 aromatic carbocycles. The lowest BCUT2D eigenvalue weighted by Gasteiger charge is -2.30. The van der Waals surface area contributed by atoms with Crippen molar-refractivity contribution < 1.29 is 9.59 Å². The third-order valence-electron chi connectivity index (χ3n) is 4.32. The number of para-hydroxylation sites is 1. The van der Waals surface area contributed by atoms with E-state index >= 15 is 0 Å². The van der Waals surface area contributed by atoms with Crippen molar-refractivity contribution in [1.29, 1.82) is 0 Å². The highest BCUT2D eigenvalue weighted by molar-refractivity contribution is 8.00. The molecule has 0 fully saturated rings. The van der Waals surface area contributed by atoms with Crippen LogP contribution in [-0.2, 0) is 9.59 Å². The van der Waals surface area contributed by atoms with Crippen molar-refractivity contribution >= 4 is 40.9 Å². The summed E-state index contributed by atoms with van der Waals surface area (Å²) >= 11 is 7.47. The van der Waals surface area contributed by atoms with Crippen LogP contribution in [0.2, 0.25) is 5.02 Å². The number of nitrogens with zero attached hydrogens (tertiary/aromatic N) is 1. The van der Waals surface area contributed by atoms with E-state index in [4.69, 9.17) is 11.6 Å². The lowest BCUT2D eigenvalue weighted by molar-refractivity contribution is -0.123. The maximum absolute atomic E-state index is 12.7. The molecule has 1 atom stereocenters. The number of hydrogen-bond acceptors (Lipinski definition) is 3. The lowest BCUT2D eigenvalue weighted by atomic mass is 9.96. The van der Waals surface area contributed by atoms with Crippen LogP contribution in [0.3, 0.4) is 0 Å². The van der Waals surface area contributed by atoms with Crippen molar-refractivity contribution in [1.82, 2.24) is 5.32 Å². The van der Waals surface area contributed by atoms with Crippen LogP contribution in [0.4, 0.5) is 5.69 Å². The molecule has 0 aromatic heterocycles. The average Bonchev–Trinajstić information content (AvgIpc) is 2.63. The number of carbonyl (C=O) groups excluding carboxylic acids is 2. The molecule has 1 N–H and O–H groups in total. The minimum Gasteiger partial charge on any atom is -0.347 e. The normalized spacial score (nSPS) is 14.9. The van der Waals surface area contributed by atoms with Crippen LogP contribution >= 0.6 is 23.4 Å². The molecule has 3 rings (SSSR count). The first-order valence-electron chi connectivity index (χ1n) is 8.52. The number of nitrogens with one attached hydrogen (secondary N) is 1. The van der Waals surface area contributed by atoms with Crippen LogP contribution in [0.15, 0.2) is 53.4 Å². The summed E-state index contributed by atoms with van der Waals surface area (Å²) in [7, 11) is 0. The van der Waals surface area contributed by atoms with E-state index < -0.39 is 0 Å². The van der Waals surface area contributed by atoms with Gasteiger partial charge in [-0.1, -0.05) is 49.7 Å². The molecular formula is C20H21ClN2O2S. The third kappa shape index (κ3) is 4.22. The van der Waals surface area contributed by atoms with Crippen molar-refractivity contribution in [2.75, 3.05) is 17.2 Å². The fraction of sp³-hybridized carbons (Fsp3) is 0.300. The summed E-state index contributed by atoms with van der Waals surface area (Å²) < 4.78 is 0. The minimum atomic E-state index is -0.172. The third-order valence-corrected chi connectivity index (χ3v) is 5.62. The van der Waals surface area contributed by atoms with Gasteiger partial charge < -0.3 is 10.2 Å². The Balaban J connectivity index is 1.75. The molecule has 2 amide bonds. The Hall–Kier alpha value is -1.98.